The molecule has 0 nitrogen and oxygen atoms in total. The molecule has 0 aliphatic carbocycles. The van der Waals surface area contributed by atoms with Gasteiger partial charge >= 0.3 is 0 Å². The maximum Gasteiger partial charge on any atom is -0.0324 e. The van der Waals surface area contributed by atoms with E-state index in [9.17, 15) is 0 Å². The van der Waals surface area contributed by atoms with Crippen molar-refractivity contribution >= 4 is 0 Å². The van der Waals surface area contributed by atoms with Crippen LogP contribution >= 0.6 is 0 Å². The molecule has 2 unspecified atom stereocenters. The van der Waals surface area contributed by atoms with Crippen LogP contribution in [0.2, 0.25) is 0 Å². The molecule has 0 aliphatic heterocycles. The van der Waals surface area contributed by atoms with Crippen molar-refractivity contribution in [2.24, 2.45) is 11.8 Å². The van der Waals surface area contributed by atoms with Crippen molar-refractivity contribution in [1.29, 1.82) is 0 Å². The lowest BCUT2D eigenvalue weighted by Gasteiger charge is -2.24. The van der Waals surface area contributed by atoms with Crippen molar-refractivity contribution in [3.05, 3.63) is 6.42 Å². The summed E-state index contributed by atoms with van der Waals surface area (Å²) < 4.78 is 0. The van der Waals surface area contributed by atoms with Crippen LogP contribution in [0.1, 0.15) is 175 Å². The zero-order chi connectivity index (χ0) is 22.1. The molecule has 1 radical (unpaired) electrons. The second kappa shape index (κ2) is 25.3. The summed E-state index contributed by atoms with van der Waals surface area (Å²) in [6.07, 6.45) is 36.0. The van der Waals surface area contributed by atoms with E-state index in [0.717, 1.165) is 11.8 Å². The Labute approximate surface area is 193 Å². The Balaban J connectivity index is 4.46. The van der Waals surface area contributed by atoms with Gasteiger partial charge < -0.3 is 0 Å². The topological polar surface area (TPSA) is 0 Å². The Morgan fingerprint density at radius 3 is 0.867 bits per heavy atom. The predicted octanol–water partition coefficient (Wildman–Crippen LogP) is 11.5. The second-order valence-electron chi connectivity index (χ2n) is 10.2. The zero-order valence-corrected chi connectivity index (χ0v) is 22.0. The second-order valence-corrected chi connectivity index (χ2v) is 10.2. The minimum atomic E-state index is 0.903. The Morgan fingerprint density at radius 1 is 0.333 bits per heavy atom. The molecule has 0 aromatic rings. The highest BCUT2D eigenvalue weighted by molar-refractivity contribution is 4.84. The van der Waals surface area contributed by atoms with Gasteiger partial charge in [0.05, 0.1) is 0 Å². The molecule has 0 aromatic carbocycles. The summed E-state index contributed by atoms with van der Waals surface area (Å²) in [6, 6.07) is 0. The van der Waals surface area contributed by atoms with Gasteiger partial charge in [0.2, 0.25) is 0 Å². The van der Waals surface area contributed by atoms with Crippen LogP contribution in [0.25, 0.3) is 0 Å². The highest BCUT2D eigenvalue weighted by atomic mass is 14.2. The lowest BCUT2D eigenvalue weighted by Crippen LogP contribution is -2.11. The largest absolute Gasteiger partial charge is 0.0654 e. The van der Waals surface area contributed by atoms with Crippen LogP contribution in [-0.2, 0) is 0 Å². The van der Waals surface area contributed by atoms with Crippen molar-refractivity contribution in [3.63, 3.8) is 0 Å². The fourth-order valence-electron chi connectivity index (χ4n) is 4.92. The Hall–Kier alpha value is 0. The van der Waals surface area contributed by atoms with Gasteiger partial charge in [0.15, 0.2) is 0 Å². The summed E-state index contributed by atoms with van der Waals surface area (Å²) in [5.41, 5.74) is 0. The first kappa shape index (κ1) is 30.0. The van der Waals surface area contributed by atoms with E-state index in [1.807, 2.05) is 0 Å². The fraction of sp³-hybridized carbons (Fsp3) is 0.967. The van der Waals surface area contributed by atoms with E-state index in [1.54, 1.807) is 0 Å². The van der Waals surface area contributed by atoms with Gasteiger partial charge in [-0.15, -0.1) is 0 Å². The molecule has 30 heavy (non-hydrogen) atoms. The molecule has 0 bridgehead atoms. The van der Waals surface area contributed by atoms with E-state index >= 15 is 0 Å². The van der Waals surface area contributed by atoms with Crippen molar-refractivity contribution in [2.45, 2.75) is 175 Å². The van der Waals surface area contributed by atoms with Crippen LogP contribution < -0.4 is 0 Å². The molecule has 0 aromatic heterocycles. The van der Waals surface area contributed by atoms with Gasteiger partial charge in [-0.3, -0.25) is 0 Å². The summed E-state index contributed by atoms with van der Waals surface area (Å²) in [5.74, 6) is 1.81. The predicted molar refractivity (Wildman–Crippen MR) is 140 cm³/mol. The smallest absolute Gasteiger partial charge is 0.0324 e. The number of hydrogen-bond acceptors (Lipinski definition) is 0. The van der Waals surface area contributed by atoms with Crippen molar-refractivity contribution in [3.8, 4) is 0 Å². The molecule has 0 saturated carbocycles. The van der Waals surface area contributed by atoms with E-state index in [2.05, 4.69) is 34.1 Å². The Morgan fingerprint density at radius 2 is 0.567 bits per heavy atom. The number of rotatable bonds is 25. The van der Waals surface area contributed by atoms with Gasteiger partial charge in [-0.2, -0.15) is 0 Å². The first-order chi connectivity index (χ1) is 14.8. The van der Waals surface area contributed by atoms with E-state index in [4.69, 9.17) is 0 Å². The van der Waals surface area contributed by atoms with E-state index < -0.39 is 0 Å². The average Bonchev–Trinajstić information content (AvgIpc) is 2.75. The normalized spacial score (nSPS) is 13.6. The molecule has 0 rings (SSSR count). The Bertz CT molecular complexity index is 294. The molecule has 0 saturated heterocycles. The van der Waals surface area contributed by atoms with Gasteiger partial charge in [-0.1, -0.05) is 175 Å². The molecule has 181 valence electrons. The maximum absolute atomic E-state index is 2.88. The number of unbranched alkanes of at least 4 members (excludes halogenated alkanes) is 15. The zero-order valence-electron chi connectivity index (χ0n) is 22.0. The first-order valence-corrected chi connectivity index (χ1v) is 14.6. The van der Waals surface area contributed by atoms with Crippen molar-refractivity contribution < 1.29 is 0 Å². The summed E-state index contributed by atoms with van der Waals surface area (Å²) in [6.45, 7) is 9.33. The molecule has 0 heterocycles. The fourth-order valence-corrected chi connectivity index (χ4v) is 4.92. The molecule has 0 amide bonds. The molecular formula is C30H61. The third-order valence-electron chi connectivity index (χ3n) is 7.01. The monoisotopic (exact) mass is 421 g/mol. The molecular weight excluding hydrogens is 360 g/mol. The third kappa shape index (κ3) is 21.2. The first-order valence-electron chi connectivity index (χ1n) is 14.6. The molecule has 0 spiro atoms. The van der Waals surface area contributed by atoms with Crippen LogP contribution in [0.3, 0.4) is 0 Å². The van der Waals surface area contributed by atoms with Crippen LogP contribution in [0, 0.1) is 18.3 Å². The van der Waals surface area contributed by atoms with Crippen LogP contribution in [0.15, 0.2) is 0 Å². The highest BCUT2D eigenvalue weighted by Crippen LogP contribution is 2.30. The van der Waals surface area contributed by atoms with E-state index in [-0.39, 0.29) is 0 Å². The van der Waals surface area contributed by atoms with Gasteiger partial charge in [0.25, 0.3) is 0 Å². The van der Waals surface area contributed by atoms with Gasteiger partial charge in [0, 0.05) is 0 Å². The molecule has 0 N–H and O–H groups in total. The van der Waals surface area contributed by atoms with E-state index in [0.29, 0.717) is 0 Å². The average molecular weight is 422 g/mol. The summed E-state index contributed by atoms with van der Waals surface area (Å²) >= 11 is 0. The molecule has 0 aliphatic rings. The SMILES string of the molecule is CCCCCCCCC([CH]C(CCCCCC)CCCCCCC)CCCCCC. The molecule has 0 fully saturated rings. The lowest BCUT2D eigenvalue weighted by molar-refractivity contribution is 0.365. The van der Waals surface area contributed by atoms with Gasteiger partial charge in [-0.25, -0.2) is 0 Å². The molecule has 0 heteroatoms. The maximum atomic E-state index is 2.88. The summed E-state index contributed by atoms with van der Waals surface area (Å²) in [4.78, 5) is 0. The van der Waals surface area contributed by atoms with Gasteiger partial charge in [0.1, 0.15) is 0 Å². The third-order valence-corrected chi connectivity index (χ3v) is 7.01. The summed E-state index contributed by atoms with van der Waals surface area (Å²) in [5, 5.41) is 0. The number of hydrogen-bond donors (Lipinski definition) is 0. The minimum Gasteiger partial charge on any atom is -0.0654 e. The van der Waals surface area contributed by atoms with Crippen molar-refractivity contribution in [1.82, 2.24) is 0 Å². The molecule has 2 atom stereocenters. The van der Waals surface area contributed by atoms with Crippen LogP contribution in [0.5, 0.6) is 0 Å². The van der Waals surface area contributed by atoms with Crippen LogP contribution in [-0.4, -0.2) is 0 Å². The standard InChI is InChI=1S/C30H61/c1-5-9-13-17-19-23-27-30(25-21-16-12-8-4)28-29(24-20-15-11-7-3)26-22-18-14-10-6-2/h28-30H,5-27H2,1-4H3. The minimum absolute atomic E-state index is 0.903. The van der Waals surface area contributed by atoms with Gasteiger partial charge in [-0.05, 0) is 18.3 Å². The quantitative estimate of drug-likeness (QED) is 0.128. The van der Waals surface area contributed by atoms with Crippen molar-refractivity contribution in [2.75, 3.05) is 0 Å². The Kier molecular flexibility index (Phi) is 25.3. The highest BCUT2D eigenvalue weighted by Gasteiger charge is 2.17. The lowest BCUT2D eigenvalue weighted by atomic mass is 9.82. The van der Waals surface area contributed by atoms with Crippen LogP contribution in [0.4, 0.5) is 0 Å². The summed E-state index contributed by atoms with van der Waals surface area (Å²) in [7, 11) is 0. The van der Waals surface area contributed by atoms with E-state index in [1.165, 1.54) is 148 Å².